The van der Waals surface area contributed by atoms with E-state index in [4.69, 9.17) is 0 Å². The van der Waals surface area contributed by atoms with Gasteiger partial charge < -0.3 is 0 Å². The van der Waals surface area contributed by atoms with Crippen molar-refractivity contribution in [2.45, 2.75) is 20.0 Å². The fraction of sp³-hybridized carbons (Fsp3) is 0.188. The van der Waals surface area contributed by atoms with Crippen LogP contribution in [0, 0.1) is 13.8 Å². The highest BCUT2D eigenvalue weighted by Crippen LogP contribution is 2.38. The first-order chi connectivity index (χ1) is 9.86. The Balaban J connectivity index is 2.28. The van der Waals surface area contributed by atoms with Crippen LogP contribution in [0.25, 0.3) is 22.0 Å². The second kappa shape index (κ2) is 4.62. The molecule has 0 spiro atoms. The first-order valence-electron chi connectivity index (χ1n) is 6.48. The van der Waals surface area contributed by atoms with Gasteiger partial charge in [-0.2, -0.15) is 18.3 Å². The molecule has 0 saturated carbocycles. The number of nitrogens with zero attached hydrogens (tertiary/aromatic N) is 1. The molecule has 1 aromatic heterocycles. The Kier molecular flexibility index (Phi) is 3.01. The highest BCUT2D eigenvalue weighted by molar-refractivity contribution is 5.96. The van der Waals surface area contributed by atoms with E-state index >= 15 is 0 Å². The van der Waals surface area contributed by atoms with Crippen molar-refractivity contribution in [3.63, 3.8) is 0 Å². The van der Waals surface area contributed by atoms with Crippen LogP contribution in [0.3, 0.4) is 0 Å². The van der Waals surface area contributed by atoms with Gasteiger partial charge in [-0.15, -0.1) is 0 Å². The van der Waals surface area contributed by atoms with Crippen LogP contribution in [0.15, 0.2) is 36.5 Å². The maximum absolute atomic E-state index is 13.0. The van der Waals surface area contributed by atoms with Crippen molar-refractivity contribution in [3.05, 3.63) is 53.2 Å². The van der Waals surface area contributed by atoms with Gasteiger partial charge in [0.25, 0.3) is 0 Å². The van der Waals surface area contributed by atoms with E-state index in [9.17, 15) is 13.2 Å². The van der Waals surface area contributed by atoms with Gasteiger partial charge in [-0.25, -0.2) is 0 Å². The monoisotopic (exact) mass is 290 g/mol. The summed E-state index contributed by atoms with van der Waals surface area (Å²) in [6, 6.07) is 8.56. The summed E-state index contributed by atoms with van der Waals surface area (Å²) in [4.78, 5) is 0. The molecule has 0 fully saturated rings. The molecule has 3 rings (SSSR count). The lowest BCUT2D eigenvalue weighted by molar-refractivity contribution is -0.136. The Morgan fingerprint density at radius 3 is 2.29 bits per heavy atom. The normalized spacial score (nSPS) is 12.0. The van der Waals surface area contributed by atoms with Crippen LogP contribution >= 0.6 is 0 Å². The predicted molar refractivity (Wildman–Crippen MR) is 76.0 cm³/mol. The molecule has 0 amide bonds. The van der Waals surface area contributed by atoms with Crippen LogP contribution in [0.5, 0.6) is 0 Å². The van der Waals surface area contributed by atoms with E-state index < -0.39 is 11.7 Å². The van der Waals surface area contributed by atoms with E-state index in [2.05, 4.69) is 10.2 Å². The Labute approximate surface area is 119 Å². The zero-order chi connectivity index (χ0) is 15.2. The van der Waals surface area contributed by atoms with E-state index in [0.717, 1.165) is 28.3 Å². The lowest BCUT2D eigenvalue weighted by Crippen LogP contribution is -2.06. The van der Waals surface area contributed by atoms with Gasteiger partial charge in [0.2, 0.25) is 0 Å². The van der Waals surface area contributed by atoms with Gasteiger partial charge in [0.05, 0.1) is 17.3 Å². The molecule has 1 heterocycles. The summed E-state index contributed by atoms with van der Waals surface area (Å²) in [6.45, 7) is 3.93. The molecule has 0 aliphatic carbocycles. The standard InChI is InChI=1S/C16H13F3N2/c1-9-5-10(2)7-11(6-9)12-3-4-14(16(17,18)19)15-13(12)8-20-21-15/h3-8H,1-2H3,(H,20,21). The molecule has 0 saturated heterocycles. The molecule has 0 aliphatic rings. The number of fused-ring (bicyclic) bond motifs is 1. The Hall–Kier alpha value is -2.30. The molecule has 0 bridgehead atoms. The van der Waals surface area contributed by atoms with Crippen LogP contribution in [0.2, 0.25) is 0 Å². The molecule has 0 aliphatic heterocycles. The third-order valence-electron chi connectivity index (χ3n) is 3.45. The second-order valence-electron chi connectivity index (χ2n) is 5.19. The van der Waals surface area contributed by atoms with E-state index in [0.29, 0.717) is 5.39 Å². The highest BCUT2D eigenvalue weighted by Gasteiger charge is 2.33. The molecule has 1 N–H and O–H groups in total. The number of halogens is 3. The third kappa shape index (κ3) is 2.39. The minimum absolute atomic E-state index is 0.0270. The number of H-pyrrole nitrogens is 1. The number of nitrogens with one attached hydrogen (secondary N) is 1. The van der Waals surface area contributed by atoms with Crippen LogP contribution in [-0.4, -0.2) is 10.2 Å². The fourth-order valence-electron chi connectivity index (χ4n) is 2.65. The number of rotatable bonds is 1. The minimum atomic E-state index is -4.40. The molecule has 0 atom stereocenters. The van der Waals surface area contributed by atoms with Gasteiger partial charge in [0.1, 0.15) is 0 Å². The number of hydrogen-bond acceptors (Lipinski definition) is 1. The molecular formula is C16H13F3N2. The second-order valence-corrected chi connectivity index (χ2v) is 5.19. The number of aromatic amines is 1. The molecule has 3 aromatic rings. The van der Waals surface area contributed by atoms with Crippen molar-refractivity contribution < 1.29 is 13.2 Å². The van der Waals surface area contributed by atoms with E-state index in [1.807, 2.05) is 32.0 Å². The van der Waals surface area contributed by atoms with Crippen LogP contribution in [0.1, 0.15) is 16.7 Å². The summed E-state index contributed by atoms with van der Waals surface area (Å²) in [5, 5.41) is 6.73. The predicted octanol–water partition coefficient (Wildman–Crippen LogP) is 4.87. The van der Waals surface area contributed by atoms with Crippen molar-refractivity contribution in [2.24, 2.45) is 0 Å². The van der Waals surface area contributed by atoms with Gasteiger partial charge >= 0.3 is 6.18 Å². The van der Waals surface area contributed by atoms with Crippen molar-refractivity contribution in [1.29, 1.82) is 0 Å². The molecule has 21 heavy (non-hydrogen) atoms. The summed E-state index contributed by atoms with van der Waals surface area (Å²) in [5.74, 6) is 0. The van der Waals surface area contributed by atoms with Gasteiger partial charge in [0, 0.05) is 5.39 Å². The molecule has 0 unspecified atom stereocenters. The molecule has 2 nitrogen and oxygen atoms in total. The topological polar surface area (TPSA) is 28.7 Å². The van der Waals surface area contributed by atoms with E-state index in [1.54, 1.807) is 0 Å². The average molecular weight is 290 g/mol. The number of aromatic nitrogens is 2. The largest absolute Gasteiger partial charge is 0.418 e. The maximum atomic E-state index is 13.0. The SMILES string of the molecule is Cc1cc(C)cc(-c2ccc(C(F)(F)F)c3[nH]ncc23)c1. The van der Waals surface area contributed by atoms with Crippen molar-refractivity contribution in [2.75, 3.05) is 0 Å². The summed E-state index contributed by atoms with van der Waals surface area (Å²) >= 11 is 0. The average Bonchev–Trinajstić information content (AvgIpc) is 2.83. The van der Waals surface area contributed by atoms with Gasteiger partial charge in [-0.05, 0) is 31.0 Å². The van der Waals surface area contributed by atoms with E-state index in [1.165, 1.54) is 12.3 Å². The number of hydrogen-bond donors (Lipinski definition) is 1. The zero-order valence-corrected chi connectivity index (χ0v) is 11.5. The fourth-order valence-corrected chi connectivity index (χ4v) is 2.65. The van der Waals surface area contributed by atoms with Crippen molar-refractivity contribution in [1.82, 2.24) is 10.2 Å². The van der Waals surface area contributed by atoms with Crippen LogP contribution < -0.4 is 0 Å². The Bertz CT molecular complexity index is 796. The quantitative estimate of drug-likeness (QED) is 0.681. The number of benzene rings is 2. The Morgan fingerprint density at radius 1 is 1.00 bits per heavy atom. The van der Waals surface area contributed by atoms with Gasteiger partial charge in [0.15, 0.2) is 0 Å². The zero-order valence-electron chi connectivity index (χ0n) is 11.5. The number of alkyl halides is 3. The minimum Gasteiger partial charge on any atom is -0.277 e. The molecule has 2 aromatic carbocycles. The lowest BCUT2D eigenvalue weighted by Gasteiger charge is -2.11. The lowest BCUT2D eigenvalue weighted by atomic mass is 9.96. The van der Waals surface area contributed by atoms with Crippen LogP contribution in [0.4, 0.5) is 13.2 Å². The van der Waals surface area contributed by atoms with Gasteiger partial charge in [-0.1, -0.05) is 35.4 Å². The summed E-state index contributed by atoms with van der Waals surface area (Å²) in [5.41, 5.74) is 3.12. The maximum Gasteiger partial charge on any atom is 0.418 e. The third-order valence-corrected chi connectivity index (χ3v) is 3.45. The molecular weight excluding hydrogens is 277 g/mol. The van der Waals surface area contributed by atoms with Crippen molar-refractivity contribution in [3.8, 4) is 11.1 Å². The number of aryl methyl sites for hydroxylation is 2. The molecule has 108 valence electrons. The van der Waals surface area contributed by atoms with Crippen molar-refractivity contribution >= 4 is 10.9 Å². The Morgan fingerprint density at radius 2 is 1.67 bits per heavy atom. The van der Waals surface area contributed by atoms with E-state index in [-0.39, 0.29) is 5.52 Å². The first-order valence-corrected chi connectivity index (χ1v) is 6.48. The molecule has 0 radical (unpaired) electrons. The van der Waals surface area contributed by atoms with Crippen LogP contribution in [-0.2, 0) is 6.18 Å². The summed E-state index contributed by atoms with van der Waals surface area (Å²) < 4.78 is 39.0. The first kappa shape index (κ1) is 13.7. The summed E-state index contributed by atoms with van der Waals surface area (Å²) in [7, 11) is 0. The van der Waals surface area contributed by atoms with Gasteiger partial charge in [-0.3, -0.25) is 5.10 Å². The smallest absolute Gasteiger partial charge is 0.277 e. The summed E-state index contributed by atoms with van der Waals surface area (Å²) in [6.07, 6.45) is -2.95. The molecule has 5 heteroatoms. The highest BCUT2D eigenvalue weighted by atomic mass is 19.4.